The molecule has 1 heterocycles. The average molecular weight is 312 g/mol. The van der Waals surface area contributed by atoms with E-state index in [0.717, 1.165) is 27.2 Å². The summed E-state index contributed by atoms with van der Waals surface area (Å²) in [5.74, 6) is 0.666. The molecule has 7 heteroatoms. The Hall–Kier alpha value is -2.80. The number of hydrogen-bond donors (Lipinski definition) is 1. The molecule has 6 nitrogen and oxygen atoms in total. The summed E-state index contributed by atoms with van der Waals surface area (Å²) in [4.78, 5) is 11.7. The molecule has 0 atom stereocenters. The lowest BCUT2D eigenvalue weighted by Crippen LogP contribution is -2.18. The third-order valence-electron chi connectivity index (χ3n) is 3.19. The highest BCUT2D eigenvalue weighted by molar-refractivity contribution is 7.71. The van der Waals surface area contributed by atoms with Gasteiger partial charge in [-0.3, -0.25) is 9.89 Å². The van der Waals surface area contributed by atoms with E-state index >= 15 is 0 Å². The lowest BCUT2D eigenvalue weighted by molar-refractivity contribution is 0.415. The SMILES string of the molecule is COc1ccc2ccccc2c1/C=N/n1c(=O)cn[nH]c1=S. The van der Waals surface area contributed by atoms with E-state index in [0.29, 0.717) is 5.75 Å². The van der Waals surface area contributed by atoms with Crippen LogP contribution in [0.2, 0.25) is 0 Å². The van der Waals surface area contributed by atoms with Gasteiger partial charge in [0, 0.05) is 5.56 Å². The number of rotatable bonds is 3. The molecule has 0 radical (unpaired) electrons. The molecule has 0 bridgehead atoms. The van der Waals surface area contributed by atoms with Gasteiger partial charge in [-0.2, -0.15) is 14.9 Å². The molecule has 0 aliphatic carbocycles. The number of hydrogen-bond acceptors (Lipinski definition) is 5. The summed E-state index contributed by atoms with van der Waals surface area (Å²) in [6, 6.07) is 11.7. The summed E-state index contributed by atoms with van der Waals surface area (Å²) in [5.41, 5.74) is 0.373. The van der Waals surface area contributed by atoms with Gasteiger partial charge in [-0.05, 0) is 29.1 Å². The van der Waals surface area contributed by atoms with Crippen LogP contribution in [0.1, 0.15) is 5.56 Å². The van der Waals surface area contributed by atoms with Crippen LogP contribution in [0.5, 0.6) is 5.75 Å². The van der Waals surface area contributed by atoms with Crippen molar-refractivity contribution >= 4 is 29.2 Å². The minimum Gasteiger partial charge on any atom is -0.496 e. The molecular weight excluding hydrogens is 300 g/mol. The Morgan fingerprint density at radius 3 is 2.91 bits per heavy atom. The molecule has 2 aromatic carbocycles. The van der Waals surface area contributed by atoms with Crippen LogP contribution in [0, 0.1) is 4.77 Å². The van der Waals surface area contributed by atoms with Crippen molar-refractivity contribution in [2.24, 2.45) is 5.10 Å². The van der Waals surface area contributed by atoms with Gasteiger partial charge in [-0.1, -0.05) is 30.3 Å². The molecule has 110 valence electrons. The fraction of sp³-hybridized carbons (Fsp3) is 0.0667. The molecular formula is C15H12N4O2S. The standard InChI is InChI=1S/C15H12N4O2S/c1-21-13-7-6-10-4-2-3-5-11(10)12(13)8-17-19-14(20)9-16-18-15(19)22/h2-9H,1H3,(H,18,22)/b17-8+. The molecule has 0 fully saturated rings. The minimum atomic E-state index is -0.404. The van der Waals surface area contributed by atoms with Gasteiger partial charge >= 0.3 is 0 Å². The van der Waals surface area contributed by atoms with Gasteiger partial charge in [0.25, 0.3) is 5.56 Å². The second-order valence-corrected chi connectivity index (χ2v) is 4.86. The van der Waals surface area contributed by atoms with Crippen LogP contribution in [0.25, 0.3) is 10.8 Å². The number of aromatic amines is 1. The van der Waals surface area contributed by atoms with E-state index in [-0.39, 0.29) is 4.77 Å². The molecule has 0 spiro atoms. The van der Waals surface area contributed by atoms with Crippen molar-refractivity contribution in [3.63, 3.8) is 0 Å². The topological polar surface area (TPSA) is 72.3 Å². The number of nitrogens with zero attached hydrogens (tertiary/aromatic N) is 3. The van der Waals surface area contributed by atoms with Crippen LogP contribution >= 0.6 is 12.2 Å². The Bertz CT molecular complexity index is 947. The van der Waals surface area contributed by atoms with Crippen molar-refractivity contribution in [2.75, 3.05) is 7.11 Å². The van der Waals surface area contributed by atoms with Crippen molar-refractivity contribution in [1.29, 1.82) is 0 Å². The first kappa shape index (κ1) is 14.2. The van der Waals surface area contributed by atoms with Crippen LogP contribution in [0.4, 0.5) is 0 Å². The van der Waals surface area contributed by atoms with Gasteiger partial charge < -0.3 is 4.74 Å². The summed E-state index contributed by atoms with van der Waals surface area (Å²) < 4.78 is 6.58. The van der Waals surface area contributed by atoms with Crippen molar-refractivity contribution < 1.29 is 4.74 Å². The molecule has 3 aromatic rings. The van der Waals surface area contributed by atoms with Gasteiger partial charge in [-0.25, -0.2) is 0 Å². The van der Waals surface area contributed by atoms with Crippen LogP contribution in [-0.4, -0.2) is 28.2 Å². The molecule has 1 aromatic heterocycles. The maximum atomic E-state index is 11.7. The van der Waals surface area contributed by atoms with Crippen LogP contribution in [0.3, 0.4) is 0 Å². The molecule has 3 rings (SSSR count). The van der Waals surface area contributed by atoms with Crippen molar-refractivity contribution in [1.82, 2.24) is 14.9 Å². The second kappa shape index (κ2) is 5.90. The summed E-state index contributed by atoms with van der Waals surface area (Å²) in [6.07, 6.45) is 2.68. The number of ether oxygens (including phenoxy) is 1. The molecule has 0 unspecified atom stereocenters. The van der Waals surface area contributed by atoms with Crippen LogP contribution in [-0.2, 0) is 0 Å². The third-order valence-corrected chi connectivity index (χ3v) is 3.45. The predicted octanol–water partition coefficient (Wildman–Crippen LogP) is 2.34. The molecule has 0 saturated heterocycles. The first-order valence-electron chi connectivity index (χ1n) is 6.47. The number of H-pyrrole nitrogens is 1. The predicted molar refractivity (Wildman–Crippen MR) is 87.2 cm³/mol. The van der Waals surface area contributed by atoms with Gasteiger partial charge in [0.2, 0.25) is 4.77 Å². The zero-order valence-corrected chi connectivity index (χ0v) is 12.5. The highest BCUT2D eigenvalue weighted by atomic mass is 32.1. The quantitative estimate of drug-likeness (QED) is 0.595. The number of nitrogens with one attached hydrogen (secondary N) is 1. The van der Waals surface area contributed by atoms with E-state index in [1.165, 1.54) is 0 Å². The second-order valence-electron chi connectivity index (χ2n) is 4.47. The fourth-order valence-electron chi connectivity index (χ4n) is 2.16. The number of aromatic nitrogens is 3. The van der Waals surface area contributed by atoms with E-state index < -0.39 is 5.56 Å². The first-order chi connectivity index (χ1) is 10.7. The van der Waals surface area contributed by atoms with E-state index in [4.69, 9.17) is 17.0 Å². The third kappa shape index (κ3) is 2.53. The summed E-state index contributed by atoms with van der Waals surface area (Å²) in [7, 11) is 1.59. The van der Waals surface area contributed by atoms with E-state index in [1.807, 2.05) is 36.4 Å². The molecule has 0 aliphatic rings. The van der Waals surface area contributed by atoms with Crippen LogP contribution < -0.4 is 10.3 Å². The zero-order valence-electron chi connectivity index (χ0n) is 11.7. The van der Waals surface area contributed by atoms with Gasteiger partial charge in [0.05, 0.1) is 13.3 Å². The van der Waals surface area contributed by atoms with E-state index in [9.17, 15) is 4.79 Å². The Labute approximate surface area is 130 Å². The molecule has 0 amide bonds. The highest BCUT2D eigenvalue weighted by Crippen LogP contribution is 2.26. The minimum absolute atomic E-state index is 0.128. The zero-order chi connectivity index (χ0) is 15.5. The summed E-state index contributed by atoms with van der Waals surface area (Å²) in [5, 5.41) is 12.3. The summed E-state index contributed by atoms with van der Waals surface area (Å²) >= 11 is 5.01. The van der Waals surface area contributed by atoms with Crippen molar-refractivity contribution in [3.8, 4) is 5.75 Å². The van der Waals surface area contributed by atoms with Gasteiger partial charge in [0.15, 0.2) is 0 Å². The first-order valence-corrected chi connectivity index (χ1v) is 6.88. The molecule has 22 heavy (non-hydrogen) atoms. The number of fused-ring (bicyclic) bond motifs is 1. The van der Waals surface area contributed by atoms with Crippen LogP contribution in [0.15, 0.2) is 52.5 Å². The van der Waals surface area contributed by atoms with Gasteiger partial charge in [0.1, 0.15) is 11.9 Å². The van der Waals surface area contributed by atoms with Gasteiger partial charge in [-0.15, -0.1) is 0 Å². The lowest BCUT2D eigenvalue weighted by Gasteiger charge is -2.08. The average Bonchev–Trinajstić information content (AvgIpc) is 2.54. The number of methoxy groups -OCH3 is 1. The fourth-order valence-corrected chi connectivity index (χ4v) is 2.35. The van der Waals surface area contributed by atoms with Crippen molar-refractivity contribution in [2.45, 2.75) is 0 Å². The molecule has 0 aliphatic heterocycles. The maximum absolute atomic E-state index is 11.7. The summed E-state index contributed by atoms with van der Waals surface area (Å²) in [6.45, 7) is 0. The largest absolute Gasteiger partial charge is 0.496 e. The lowest BCUT2D eigenvalue weighted by atomic mass is 10.0. The Kier molecular flexibility index (Phi) is 3.80. The maximum Gasteiger partial charge on any atom is 0.293 e. The monoisotopic (exact) mass is 312 g/mol. The Morgan fingerprint density at radius 2 is 2.14 bits per heavy atom. The molecule has 1 N–H and O–H groups in total. The smallest absolute Gasteiger partial charge is 0.293 e. The van der Waals surface area contributed by atoms with E-state index in [1.54, 1.807) is 13.3 Å². The normalized spacial score (nSPS) is 11.1. The number of benzene rings is 2. The van der Waals surface area contributed by atoms with E-state index in [2.05, 4.69) is 15.3 Å². The highest BCUT2D eigenvalue weighted by Gasteiger charge is 2.06. The Balaban J connectivity index is 2.20. The van der Waals surface area contributed by atoms with Crippen molar-refractivity contribution in [3.05, 3.63) is 63.3 Å². The Morgan fingerprint density at radius 1 is 1.32 bits per heavy atom. The molecule has 0 saturated carbocycles.